The van der Waals surface area contributed by atoms with E-state index in [0.717, 1.165) is 37.9 Å². The Morgan fingerprint density at radius 1 is 1.32 bits per heavy atom. The van der Waals surface area contributed by atoms with Crippen molar-refractivity contribution in [2.24, 2.45) is 17.8 Å². The van der Waals surface area contributed by atoms with Crippen molar-refractivity contribution in [2.45, 2.75) is 51.2 Å². The molecule has 1 saturated heterocycles. The molecule has 1 aromatic heterocycles. The van der Waals surface area contributed by atoms with Gasteiger partial charge in [-0.1, -0.05) is 6.07 Å². The zero-order valence-electron chi connectivity index (χ0n) is 16.9. The fraction of sp³-hybridized carbons (Fsp3) is 0.591. The Morgan fingerprint density at radius 2 is 2.04 bits per heavy atom. The molecule has 2 amide bonds. The van der Waals surface area contributed by atoms with Crippen molar-refractivity contribution in [1.82, 2.24) is 15.2 Å². The monoisotopic (exact) mass is 383 g/mol. The summed E-state index contributed by atoms with van der Waals surface area (Å²) in [6.07, 6.45) is 9.75. The first-order valence-electron chi connectivity index (χ1n) is 10.1. The number of likely N-dealkylation sites (tertiary alicyclic amines) is 1. The third-order valence-corrected chi connectivity index (χ3v) is 6.00. The number of fused-ring (bicyclic) bond motifs is 1. The van der Waals surface area contributed by atoms with E-state index in [-0.39, 0.29) is 17.5 Å². The molecule has 3 fully saturated rings. The molecule has 3 aliphatic rings. The fourth-order valence-electron chi connectivity index (χ4n) is 4.36. The first-order valence-corrected chi connectivity index (χ1v) is 10.1. The molecule has 1 N–H and O–H groups in total. The lowest BCUT2D eigenvalue weighted by atomic mass is 10.0. The summed E-state index contributed by atoms with van der Waals surface area (Å²) in [6, 6.07) is 3.78. The third kappa shape index (κ3) is 4.37. The largest absolute Gasteiger partial charge is 0.444 e. The van der Waals surface area contributed by atoms with E-state index in [1.165, 1.54) is 0 Å². The lowest BCUT2D eigenvalue weighted by Crippen LogP contribution is -2.39. The summed E-state index contributed by atoms with van der Waals surface area (Å²) in [5, 5.41) is 3.21. The number of piperidine rings is 1. The highest BCUT2D eigenvalue weighted by Crippen LogP contribution is 2.58. The molecule has 28 heavy (non-hydrogen) atoms. The molecule has 6 heteroatoms. The summed E-state index contributed by atoms with van der Waals surface area (Å²) >= 11 is 0. The average Bonchev–Trinajstić information content (AvgIpc) is 3.47. The van der Waals surface area contributed by atoms with Crippen LogP contribution < -0.4 is 5.32 Å². The number of amides is 2. The number of nitrogens with one attached hydrogen (secondary N) is 1. The number of hydrogen-bond acceptors (Lipinski definition) is 4. The second kappa shape index (κ2) is 6.90. The molecule has 0 bridgehead atoms. The number of hydrogen-bond donors (Lipinski definition) is 1. The van der Waals surface area contributed by atoms with Crippen LogP contribution in [0, 0.1) is 17.8 Å². The van der Waals surface area contributed by atoms with Crippen molar-refractivity contribution in [2.75, 3.05) is 13.1 Å². The predicted molar refractivity (Wildman–Crippen MR) is 106 cm³/mol. The first kappa shape index (κ1) is 19.0. The summed E-state index contributed by atoms with van der Waals surface area (Å²) in [4.78, 5) is 30.4. The van der Waals surface area contributed by atoms with Crippen LogP contribution in [0.3, 0.4) is 0 Å². The summed E-state index contributed by atoms with van der Waals surface area (Å²) in [7, 11) is 0. The van der Waals surface area contributed by atoms with Crippen LogP contribution in [0.2, 0.25) is 0 Å². The maximum absolute atomic E-state index is 12.3. The molecule has 1 aromatic rings. The first-order chi connectivity index (χ1) is 13.2. The average molecular weight is 383 g/mol. The zero-order chi connectivity index (χ0) is 19.9. The van der Waals surface area contributed by atoms with Gasteiger partial charge >= 0.3 is 6.09 Å². The highest BCUT2D eigenvalue weighted by molar-refractivity contribution is 5.92. The van der Waals surface area contributed by atoms with Crippen molar-refractivity contribution in [3.63, 3.8) is 0 Å². The minimum absolute atomic E-state index is 0.0393. The number of nitrogens with zero attached hydrogens (tertiary/aromatic N) is 2. The lowest BCUT2D eigenvalue weighted by molar-refractivity contribution is -0.117. The predicted octanol–water partition coefficient (Wildman–Crippen LogP) is 3.25. The zero-order valence-corrected chi connectivity index (χ0v) is 16.9. The molecule has 150 valence electrons. The van der Waals surface area contributed by atoms with Crippen molar-refractivity contribution < 1.29 is 14.3 Å². The molecule has 2 saturated carbocycles. The summed E-state index contributed by atoms with van der Waals surface area (Å²) in [6.45, 7) is 7.26. The number of aromatic nitrogens is 1. The SMILES string of the molecule is CC(C)(C)OC(=O)N1C[C@@H]2C(CC3(NC(=O)/C=C/c4cccnc4)CC3)[C@@H]2C1. The van der Waals surface area contributed by atoms with Gasteiger partial charge in [0.15, 0.2) is 0 Å². The third-order valence-electron chi connectivity index (χ3n) is 6.00. The van der Waals surface area contributed by atoms with Crippen LogP contribution in [0.4, 0.5) is 4.79 Å². The van der Waals surface area contributed by atoms with Gasteiger partial charge in [0.1, 0.15) is 5.60 Å². The van der Waals surface area contributed by atoms with Crippen LogP contribution in [-0.4, -0.2) is 46.1 Å². The molecule has 6 nitrogen and oxygen atoms in total. The van der Waals surface area contributed by atoms with Gasteiger partial charge in [0, 0.05) is 37.1 Å². The maximum atomic E-state index is 12.3. The van der Waals surface area contributed by atoms with Crippen LogP contribution in [0.15, 0.2) is 30.6 Å². The Kier molecular flexibility index (Phi) is 4.68. The van der Waals surface area contributed by atoms with Gasteiger partial charge in [-0.15, -0.1) is 0 Å². The number of carbonyl (C=O) groups excluding carboxylic acids is 2. The smallest absolute Gasteiger partial charge is 0.410 e. The van der Waals surface area contributed by atoms with Crippen LogP contribution >= 0.6 is 0 Å². The molecule has 4 rings (SSSR count). The van der Waals surface area contributed by atoms with Crippen LogP contribution in [0.5, 0.6) is 0 Å². The fourth-order valence-corrected chi connectivity index (χ4v) is 4.36. The normalized spacial score (nSPS) is 27.4. The molecule has 2 aliphatic carbocycles. The van der Waals surface area contributed by atoms with Gasteiger partial charge in [0.25, 0.3) is 0 Å². The number of rotatable bonds is 5. The Bertz CT molecular complexity index is 768. The number of pyridine rings is 1. The highest BCUT2D eigenvalue weighted by Gasteiger charge is 2.61. The van der Waals surface area contributed by atoms with Crippen LogP contribution in [-0.2, 0) is 9.53 Å². The summed E-state index contributed by atoms with van der Waals surface area (Å²) in [5.74, 6) is 1.70. The van der Waals surface area contributed by atoms with Gasteiger partial charge in [-0.05, 0) is 75.5 Å². The molecular weight excluding hydrogens is 354 g/mol. The highest BCUT2D eigenvalue weighted by atomic mass is 16.6. The molecule has 0 aromatic carbocycles. The van der Waals surface area contributed by atoms with Crippen molar-refractivity contribution in [3.05, 3.63) is 36.2 Å². The number of carbonyl (C=O) groups is 2. The van der Waals surface area contributed by atoms with Crippen LogP contribution in [0.1, 0.15) is 45.6 Å². The Hall–Kier alpha value is -2.37. The Balaban J connectivity index is 1.24. The topological polar surface area (TPSA) is 71.5 Å². The minimum Gasteiger partial charge on any atom is -0.444 e. The van der Waals surface area contributed by atoms with Gasteiger partial charge < -0.3 is 15.0 Å². The molecule has 1 aliphatic heterocycles. The molecule has 1 unspecified atom stereocenters. The van der Waals surface area contributed by atoms with E-state index in [1.807, 2.05) is 37.8 Å². The Morgan fingerprint density at radius 3 is 2.61 bits per heavy atom. The van der Waals surface area contributed by atoms with E-state index in [1.54, 1.807) is 24.5 Å². The second-order valence-electron chi connectivity index (χ2n) is 9.47. The number of ether oxygens (including phenoxy) is 1. The molecule has 2 heterocycles. The minimum atomic E-state index is -0.449. The molecule has 0 spiro atoms. The van der Waals surface area contributed by atoms with E-state index in [9.17, 15) is 9.59 Å². The molecule has 3 atom stereocenters. The van der Waals surface area contributed by atoms with Gasteiger partial charge in [-0.3, -0.25) is 9.78 Å². The quantitative estimate of drug-likeness (QED) is 0.793. The van der Waals surface area contributed by atoms with Gasteiger partial charge in [0.2, 0.25) is 5.91 Å². The van der Waals surface area contributed by atoms with Crippen LogP contribution in [0.25, 0.3) is 6.08 Å². The van der Waals surface area contributed by atoms with Crippen molar-refractivity contribution in [3.8, 4) is 0 Å². The van der Waals surface area contributed by atoms with Crippen molar-refractivity contribution >= 4 is 18.1 Å². The summed E-state index contributed by atoms with van der Waals surface area (Å²) < 4.78 is 5.47. The maximum Gasteiger partial charge on any atom is 0.410 e. The van der Waals surface area contributed by atoms with E-state index in [0.29, 0.717) is 17.8 Å². The standard InChI is InChI=1S/C22H29N3O3/c1-21(2,3)28-20(27)25-13-17-16(18(17)14-25)11-22(8-9-22)24-19(26)7-6-15-5-4-10-23-12-15/h4-7,10,12,16-18H,8-9,11,13-14H2,1-3H3,(H,24,26)/b7-6+/t16?,17-,18+. The molecular formula is C22H29N3O3. The van der Waals surface area contributed by atoms with Crippen molar-refractivity contribution in [1.29, 1.82) is 0 Å². The van der Waals surface area contributed by atoms with E-state index >= 15 is 0 Å². The van der Waals surface area contributed by atoms with E-state index in [4.69, 9.17) is 4.74 Å². The van der Waals surface area contributed by atoms with Gasteiger partial charge in [0.05, 0.1) is 0 Å². The molecule has 0 radical (unpaired) electrons. The van der Waals surface area contributed by atoms with Gasteiger partial charge in [-0.25, -0.2) is 4.79 Å². The van der Waals surface area contributed by atoms with E-state index < -0.39 is 5.60 Å². The second-order valence-corrected chi connectivity index (χ2v) is 9.47. The van der Waals surface area contributed by atoms with Gasteiger partial charge in [-0.2, -0.15) is 0 Å². The Labute approximate surface area is 166 Å². The van der Waals surface area contributed by atoms with E-state index in [2.05, 4.69) is 10.3 Å². The summed E-state index contributed by atoms with van der Waals surface area (Å²) in [5.41, 5.74) is 0.429. The lowest BCUT2D eigenvalue weighted by Gasteiger charge is -2.26.